The Morgan fingerprint density at radius 3 is 3.00 bits per heavy atom. The van der Waals surface area contributed by atoms with Gasteiger partial charge in [-0.25, -0.2) is 0 Å². The van der Waals surface area contributed by atoms with E-state index in [2.05, 4.69) is 21.2 Å². The van der Waals surface area contributed by atoms with Crippen molar-refractivity contribution in [3.8, 4) is 0 Å². The van der Waals surface area contributed by atoms with E-state index in [-0.39, 0.29) is 6.54 Å². The number of aliphatic hydroxyl groups is 1. The Morgan fingerprint density at radius 1 is 1.79 bits per heavy atom. The van der Waals surface area contributed by atoms with Crippen molar-refractivity contribution < 1.29 is 9.90 Å². The molecule has 4 N–H and O–H groups in total. The molecule has 0 aliphatic heterocycles. The maximum absolute atomic E-state index is 10.5. The van der Waals surface area contributed by atoms with E-state index in [0.29, 0.717) is 6.54 Å². The fourth-order valence-electron chi connectivity index (χ4n) is 0.892. The van der Waals surface area contributed by atoms with Gasteiger partial charge in [0.05, 0.1) is 3.79 Å². The lowest BCUT2D eigenvalue weighted by Gasteiger charge is -2.06. The van der Waals surface area contributed by atoms with Crippen LogP contribution in [0.3, 0.4) is 0 Å². The van der Waals surface area contributed by atoms with Crippen LogP contribution in [0.15, 0.2) is 15.2 Å². The van der Waals surface area contributed by atoms with E-state index < -0.39 is 12.0 Å². The molecule has 4 nitrogen and oxygen atoms in total. The van der Waals surface area contributed by atoms with Crippen LogP contribution in [0.5, 0.6) is 0 Å². The van der Waals surface area contributed by atoms with E-state index in [9.17, 15) is 4.79 Å². The molecule has 0 fully saturated rings. The molecule has 0 spiro atoms. The van der Waals surface area contributed by atoms with Crippen LogP contribution < -0.4 is 11.1 Å². The SMILES string of the molecule is NC(=O)C(O)CNCc1csc(Br)c1. The van der Waals surface area contributed by atoms with E-state index in [1.165, 1.54) is 0 Å². The zero-order chi connectivity index (χ0) is 10.6. The summed E-state index contributed by atoms with van der Waals surface area (Å²) < 4.78 is 1.06. The third-order valence-corrected chi connectivity index (χ3v) is 3.17. The maximum atomic E-state index is 10.5. The predicted molar refractivity (Wildman–Crippen MR) is 58.9 cm³/mol. The molecule has 78 valence electrons. The van der Waals surface area contributed by atoms with Crippen LogP contribution in [0.25, 0.3) is 0 Å². The molecule has 1 unspecified atom stereocenters. The minimum Gasteiger partial charge on any atom is -0.382 e. The van der Waals surface area contributed by atoms with Crippen molar-refractivity contribution in [1.82, 2.24) is 5.32 Å². The van der Waals surface area contributed by atoms with Gasteiger partial charge in [-0.05, 0) is 32.9 Å². The highest BCUT2D eigenvalue weighted by atomic mass is 79.9. The van der Waals surface area contributed by atoms with Crippen LogP contribution in [-0.2, 0) is 11.3 Å². The van der Waals surface area contributed by atoms with Gasteiger partial charge in [0.15, 0.2) is 0 Å². The van der Waals surface area contributed by atoms with Crippen molar-refractivity contribution in [2.75, 3.05) is 6.54 Å². The van der Waals surface area contributed by atoms with Crippen molar-refractivity contribution in [1.29, 1.82) is 0 Å². The highest BCUT2D eigenvalue weighted by molar-refractivity contribution is 9.11. The van der Waals surface area contributed by atoms with Crippen LogP contribution in [-0.4, -0.2) is 23.7 Å². The summed E-state index contributed by atoms with van der Waals surface area (Å²) in [6.07, 6.45) is -1.11. The number of nitrogens with two attached hydrogens (primary N) is 1. The summed E-state index contributed by atoms with van der Waals surface area (Å²) in [5, 5.41) is 14.0. The second-order valence-electron chi connectivity index (χ2n) is 2.81. The van der Waals surface area contributed by atoms with E-state index in [4.69, 9.17) is 10.8 Å². The fourth-order valence-corrected chi connectivity index (χ4v) is 2.10. The molecule has 14 heavy (non-hydrogen) atoms. The molecule has 6 heteroatoms. The van der Waals surface area contributed by atoms with E-state index >= 15 is 0 Å². The number of nitrogens with one attached hydrogen (secondary N) is 1. The van der Waals surface area contributed by atoms with Gasteiger partial charge in [-0.15, -0.1) is 11.3 Å². The molecule has 1 rings (SSSR count). The molecule has 1 amide bonds. The number of primary amides is 1. The molecule has 0 saturated heterocycles. The summed E-state index contributed by atoms with van der Waals surface area (Å²) in [6.45, 7) is 0.801. The molecule has 0 aliphatic rings. The Balaban J connectivity index is 2.25. The number of carbonyl (C=O) groups is 1. The molecule has 0 saturated carbocycles. The number of hydrogen-bond donors (Lipinski definition) is 3. The second-order valence-corrected chi connectivity index (χ2v) is 5.10. The largest absolute Gasteiger partial charge is 0.382 e. The molecule has 0 aliphatic carbocycles. The first-order chi connectivity index (χ1) is 6.59. The molecule has 1 atom stereocenters. The van der Waals surface area contributed by atoms with E-state index in [1.807, 2.05) is 11.4 Å². The normalized spacial score (nSPS) is 12.7. The van der Waals surface area contributed by atoms with E-state index in [0.717, 1.165) is 9.35 Å². The molecule has 0 radical (unpaired) electrons. The van der Waals surface area contributed by atoms with Gasteiger partial charge < -0.3 is 16.2 Å². The minimum atomic E-state index is -1.11. The molecule has 0 bridgehead atoms. The smallest absolute Gasteiger partial charge is 0.247 e. The molecular formula is C8H11BrN2O2S. The van der Waals surface area contributed by atoms with Gasteiger partial charge >= 0.3 is 0 Å². The Hall–Kier alpha value is -0.430. The summed E-state index contributed by atoms with van der Waals surface area (Å²) in [5.41, 5.74) is 5.99. The first kappa shape index (κ1) is 11.6. The number of carbonyl (C=O) groups excluding carboxylic acids is 1. The lowest BCUT2D eigenvalue weighted by atomic mass is 10.3. The Bertz CT molecular complexity index is 316. The summed E-state index contributed by atoms with van der Waals surface area (Å²) in [7, 11) is 0. The van der Waals surface area contributed by atoms with Crippen molar-refractivity contribution >= 4 is 33.2 Å². The van der Waals surface area contributed by atoms with Crippen LogP contribution in [0, 0.1) is 0 Å². The Kier molecular flexibility index (Phi) is 4.53. The standard InChI is InChI=1S/C8H11BrN2O2S/c9-7-1-5(4-14-7)2-11-3-6(12)8(10)13/h1,4,6,11-12H,2-3H2,(H2,10,13). The topological polar surface area (TPSA) is 75.4 Å². The van der Waals surface area contributed by atoms with E-state index in [1.54, 1.807) is 11.3 Å². The maximum Gasteiger partial charge on any atom is 0.247 e. The minimum absolute atomic E-state index is 0.183. The van der Waals surface area contributed by atoms with Gasteiger partial charge in [0.25, 0.3) is 0 Å². The third-order valence-electron chi connectivity index (χ3n) is 1.62. The average Bonchev–Trinajstić information content (AvgIpc) is 2.51. The molecule has 1 heterocycles. The van der Waals surface area contributed by atoms with Gasteiger partial charge in [-0.3, -0.25) is 4.79 Å². The highest BCUT2D eigenvalue weighted by Crippen LogP contribution is 2.20. The average molecular weight is 279 g/mol. The molecular weight excluding hydrogens is 268 g/mol. The van der Waals surface area contributed by atoms with Crippen LogP contribution in [0.4, 0.5) is 0 Å². The highest BCUT2D eigenvalue weighted by Gasteiger charge is 2.09. The van der Waals surface area contributed by atoms with Gasteiger partial charge in [0.1, 0.15) is 6.10 Å². The summed E-state index contributed by atoms with van der Waals surface area (Å²) in [4.78, 5) is 10.5. The molecule has 0 aromatic carbocycles. The lowest BCUT2D eigenvalue weighted by molar-refractivity contribution is -0.125. The van der Waals surface area contributed by atoms with Crippen molar-refractivity contribution in [3.05, 3.63) is 20.8 Å². The Labute approximate surface area is 94.2 Å². The van der Waals surface area contributed by atoms with Gasteiger partial charge in [0.2, 0.25) is 5.91 Å². The summed E-state index contributed by atoms with van der Waals surface area (Å²) in [5.74, 6) is -0.705. The molecule has 1 aromatic heterocycles. The van der Waals surface area contributed by atoms with Gasteiger partial charge in [0, 0.05) is 13.1 Å². The van der Waals surface area contributed by atoms with Crippen molar-refractivity contribution in [2.24, 2.45) is 5.73 Å². The zero-order valence-corrected chi connectivity index (χ0v) is 9.77. The number of halogens is 1. The number of hydrogen-bond acceptors (Lipinski definition) is 4. The summed E-state index contributed by atoms with van der Waals surface area (Å²) >= 11 is 4.94. The predicted octanol–water partition coefficient (Wildman–Crippen LogP) is 0.446. The monoisotopic (exact) mass is 278 g/mol. The van der Waals surface area contributed by atoms with Crippen LogP contribution in [0.2, 0.25) is 0 Å². The van der Waals surface area contributed by atoms with Crippen LogP contribution in [0.1, 0.15) is 5.56 Å². The number of thiophene rings is 1. The van der Waals surface area contributed by atoms with Gasteiger partial charge in [-0.1, -0.05) is 0 Å². The van der Waals surface area contributed by atoms with Gasteiger partial charge in [-0.2, -0.15) is 0 Å². The first-order valence-corrected chi connectivity index (χ1v) is 5.68. The van der Waals surface area contributed by atoms with Crippen molar-refractivity contribution in [2.45, 2.75) is 12.6 Å². The molecule has 1 aromatic rings. The lowest BCUT2D eigenvalue weighted by Crippen LogP contribution is -2.37. The zero-order valence-electron chi connectivity index (χ0n) is 7.37. The fraction of sp³-hybridized carbons (Fsp3) is 0.375. The Morgan fingerprint density at radius 2 is 2.50 bits per heavy atom. The number of aliphatic hydroxyl groups excluding tert-OH is 1. The number of amides is 1. The number of rotatable bonds is 5. The quantitative estimate of drug-likeness (QED) is 0.732. The summed E-state index contributed by atoms with van der Waals surface area (Å²) in [6, 6.07) is 1.98. The third kappa shape index (κ3) is 3.75. The second kappa shape index (κ2) is 5.45. The van der Waals surface area contributed by atoms with Crippen LogP contribution >= 0.6 is 27.3 Å². The van der Waals surface area contributed by atoms with Crippen molar-refractivity contribution in [3.63, 3.8) is 0 Å². The first-order valence-electron chi connectivity index (χ1n) is 4.00.